The second-order valence-corrected chi connectivity index (χ2v) is 8.76. The summed E-state index contributed by atoms with van der Waals surface area (Å²) in [7, 11) is 0. The van der Waals surface area contributed by atoms with Crippen LogP contribution in [0, 0.1) is 0 Å². The molecule has 2 amide bonds. The summed E-state index contributed by atoms with van der Waals surface area (Å²) in [5.41, 5.74) is 0.866. The van der Waals surface area contributed by atoms with E-state index in [1.807, 2.05) is 39.0 Å². The van der Waals surface area contributed by atoms with Crippen molar-refractivity contribution in [2.75, 3.05) is 62.2 Å². The first-order valence-corrected chi connectivity index (χ1v) is 11.8. The van der Waals surface area contributed by atoms with Crippen molar-refractivity contribution in [2.45, 2.75) is 25.4 Å². The van der Waals surface area contributed by atoms with Gasteiger partial charge in [-0.2, -0.15) is 0 Å². The Balaban J connectivity index is 1.24. The maximum absolute atomic E-state index is 13.2. The molecule has 9 nitrogen and oxygen atoms in total. The third kappa shape index (κ3) is 4.72. The number of carbonyl (C=O) groups excluding carboxylic acids is 2. The van der Waals surface area contributed by atoms with Crippen LogP contribution in [0.3, 0.4) is 0 Å². The van der Waals surface area contributed by atoms with Gasteiger partial charge in [0.05, 0.1) is 18.8 Å². The molecule has 174 valence electrons. The molecule has 9 heteroatoms. The lowest BCUT2D eigenvalue weighted by molar-refractivity contribution is -0.140. The van der Waals surface area contributed by atoms with Gasteiger partial charge in [-0.25, -0.2) is 9.97 Å². The highest BCUT2D eigenvalue weighted by atomic mass is 16.5. The number of amides is 2. The standard InChI is InChI=1S/C24H30N6O3/c31-22(27-13-15-29(16-14-27)24-25-9-6-10-26-24)18-30-17-21(23(32)28-11-4-1-5-12-28)33-20-8-3-2-7-19(20)30/h2-3,6-10,21H,1,4-5,11-18H2/t21-/m1/s1. The zero-order valence-corrected chi connectivity index (χ0v) is 18.8. The molecule has 2 aromatic rings. The molecule has 0 unspecified atom stereocenters. The van der Waals surface area contributed by atoms with Crippen molar-refractivity contribution in [3.63, 3.8) is 0 Å². The summed E-state index contributed by atoms with van der Waals surface area (Å²) in [6.45, 7) is 4.83. The summed E-state index contributed by atoms with van der Waals surface area (Å²) in [5, 5.41) is 0. The first kappa shape index (κ1) is 21.5. The van der Waals surface area contributed by atoms with E-state index in [0.29, 0.717) is 44.4 Å². The molecule has 2 fully saturated rings. The fourth-order valence-electron chi connectivity index (χ4n) is 4.78. The number of benzene rings is 1. The van der Waals surface area contributed by atoms with Crippen molar-refractivity contribution in [2.24, 2.45) is 0 Å². The van der Waals surface area contributed by atoms with Gasteiger partial charge in [-0.05, 0) is 37.5 Å². The van der Waals surface area contributed by atoms with Crippen molar-refractivity contribution in [3.05, 3.63) is 42.7 Å². The van der Waals surface area contributed by atoms with Crippen LogP contribution in [0.15, 0.2) is 42.7 Å². The molecule has 2 saturated heterocycles. The summed E-state index contributed by atoms with van der Waals surface area (Å²) in [4.78, 5) is 42.8. The summed E-state index contributed by atoms with van der Waals surface area (Å²) in [6.07, 6.45) is 6.13. The molecule has 5 rings (SSSR count). The maximum Gasteiger partial charge on any atom is 0.265 e. The molecule has 0 radical (unpaired) electrons. The second-order valence-electron chi connectivity index (χ2n) is 8.76. The number of hydrogen-bond donors (Lipinski definition) is 0. The summed E-state index contributed by atoms with van der Waals surface area (Å²) in [6, 6.07) is 9.46. The Morgan fingerprint density at radius 3 is 2.36 bits per heavy atom. The molecule has 0 saturated carbocycles. The van der Waals surface area contributed by atoms with Crippen LogP contribution in [0.1, 0.15) is 19.3 Å². The highest BCUT2D eigenvalue weighted by Gasteiger charge is 2.35. The molecule has 3 aliphatic heterocycles. The maximum atomic E-state index is 13.2. The number of carbonyl (C=O) groups is 2. The average Bonchev–Trinajstić information content (AvgIpc) is 2.89. The lowest BCUT2D eigenvalue weighted by atomic mass is 10.1. The number of piperidine rings is 1. The van der Waals surface area contributed by atoms with Crippen molar-refractivity contribution < 1.29 is 14.3 Å². The molecule has 1 aromatic carbocycles. The van der Waals surface area contributed by atoms with E-state index in [2.05, 4.69) is 14.9 Å². The number of likely N-dealkylation sites (tertiary alicyclic amines) is 1. The van der Waals surface area contributed by atoms with E-state index in [1.54, 1.807) is 18.5 Å². The molecule has 4 heterocycles. The van der Waals surface area contributed by atoms with E-state index in [1.165, 1.54) is 6.42 Å². The van der Waals surface area contributed by atoms with Gasteiger partial charge in [0.25, 0.3) is 5.91 Å². The van der Waals surface area contributed by atoms with Gasteiger partial charge in [0.1, 0.15) is 5.75 Å². The smallest absolute Gasteiger partial charge is 0.265 e. The first-order valence-electron chi connectivity index (χ1n) is 11.8. The molecule has 1 aromatic heterocycles. The van der Waals surface area contributed by atoms with Gasteiger partial charge in [0.2, 0.25) is 11.9 Å². The Bertz CT molecular complexity index is 973. The molecular weight excluding hydrogens is 420 g/mol. The van der Waals surface area contributed by atoms with E-state index in [4.69, 9.17) is 4.74 Å². The number of para-hydroxylation sites is 2. The number of fused-ring (bicyclic) bond motifs is 1. The summed E-state index contributed by atoms with van der Waals surface area (Å²) < 4.78 is 6.09. The minimum Gasteiger partial charge on any atom is -0.477 e. The number of hydrogen-bond acceptors (Lipinski definition) is 7. The SMILES string of the molecule is O=C(CN1C[C@H](C(=O)N2CCCCC2)Oc2ccccc21)N1CCN(c2ncccn2)CC1. The number of nitrogens with zero attached hydrogens (tertiary/aromatic N) is 6. The molecule has 0 aliphatic carbocycles. The second kappa shape index (κ2) is 9.64. The van der Waals surface area contributed by atoms with Crippen LogP contribution in [-0.4, -0.2) is 90.0 Å². The van der Waals surface area contributed by atoms with Gasteiger partial charge in [-0.3, -0.25) is 9.59 Å². The van der Waals surface area contributed by atoms with Gasteiger partial charge in [0, 0.05) is 51.7 Å². The normalized spacial score (nSPS) is 20.8. The number of piperazine rings is 1. The van der Waals surface area contributed by atoms with Crippen LogP contribution < -0.4 is 14.5 Å². The Morgan fingerprint density at radius 1 is 0.879 bits per heavy atom. The lowest BCUT2D eigenvalue weighted by Crippen LogP contribution is -2.55. The van der Waals surface area contributed by atoms with Crippen molar-refractivity contribution in [1.82, 2.24) is 19.8 Å². The lowest BCUT2D eigenvalue weighted by Gasteiger charge is -2.40. The zero-order chi connectivity index (χ0) is 22.6. The molecule has 0 bridgehead atoms. The third-order valence-electron chi connectivity index (χ3n) is 6.60. The monoisotopic (exact) mass is 450 g/mol. The van der Waals surface area contributed by atoms with Crippen LogP contribution in [0.25, 0.3) is 0 Å². The molecule has 33 heavy (non-hydrogen) atoms. The quantitative estimate of drug-likeness (QED) is 0.697. The number of anilines is 2. The first-order chi connectivity index (χ1) is 16.2. The van der Waals surface area contributed by atoms with E-state index >= 15 is 0 Å². The largest absolute Gasteiger partial charge is 0.477 e. The van der Waals surface area contributed by atoms with Crippen LogP contribution in [0.5, 0.6) is 5.75 Å². The van der Waals surface area contributed by atoms with Crippen molar-refractivity contribution in [1.29, 1.82) is 0 Å². The Hall–Kier alpha value is -3.36. The third-order valence-corrected chi connectivity index (χ3v) is 6.60. The van der Waals surface area contributed by atoms with E-state index in [0.717, 1.165) is 31.6 Å². The fourth-order valence-corrected chi connectivity index (χ4v) is 4.78. The predicted molar refractivity (Wildman–Crippen MR) is 124 cm³/mol. The van der Waals surface area contributed by atoms with Crippen molar-refractivity contribution in [3.8, 4) is 5.75 Å². The Morgan fingerprint density at radius 2 is 1.61 bits per heavy atom. The van der Waals surface area contributed by atoms with Gasteiger partial charge in [-0.15, -0.1) is 0 Å². The summed E-state index contributed by atoms with van der Waals surface area (Å²) >= 11 is 0. The minimum atomic E-state index is -0.585. The van der Waals surface area contributed by atoms with E-state index < -0.39 is 6.10 Å². The molecular formula is C24H30N6O3. The van der Waals surface area contributed by atoms with Gasteiger partial charge in [0.15, 0.2) is 6.10 Å². The molecule has 1 atom stereocenters. The highest BCUT2D eigenvalue weighted by molar-refractivity contribution is 5.86. The number of rotatable bonds is 4. The zero-order valence-electron chi connectivity index (χ0n) is 18.8. The van der Waals surface area contributed by atoms with Gasteiger partial charge >= 0.3 is 0 Å². The Labute approximate surface area is 193 Å². The highest BCUT2D eigenvalue weighted by Crippen LogP contribution is 2.33. The van der Waals surface area contributed by atoms with E-state index in [9.17, 15) is 9.59 Å². The molecule has 3 aliphatic rings. The average molecular weight is 451 g/mol. The van der Waals surface area contributed by atoms with Crippen LogP contribution >= 0.6 is 0 Å². The van der Waals surface area contributed by atoms with Gasteiger partial charge < -0.3 is 24.3 Å². The fraction of sp³-hybridized carbons (Fsp3) is 0.500. The summed E-state index contributed by atoms with van der Waals surface area (Å²) in [5.74, 6) is 1.45. The number of aromatic nitrogens is 2. The predicted octanol–water partition coefficient (Wildman–Crippen LogP) is 1.41. The van der Waals surface area contributed by atoms with Gasteiger partial charge in [-0.1, -0.05) is 12.1 Å². The topological polar surface area (TPSA) is 82.1 Å². The minimum absolute atomic E-state index is 0.0260. The molecule has 0 N–H and O–H groups in total. The van der Waals surface area contributed by atoms with Crippen molar-refractivity contribution >= 4 is 23.5 Å². The van der Waals surface area contributed by atoms with Crippen LogP contribution in [-0.2, 0) is 9.59 Å². The number of ether oxygens (including phenoxy) is 1. The Kier molecular flexibility index (Phi) is 6.28. The molecule has 0 spiro atoms. The van der Waals surface area contributed by atoms with Crippen LogP contribution in [0.2, 0.25) is 0 Å². The van der Waals surface area contributed by atoms with Crippen LogP contribution in [0.4, 0.5) is 11.6 Å². The van der Waals surface area contributed by atoms with E-state index in [-0.39, 0.29) is 18.4 Å².